The smallest absolute Gasteiger partial charge is 0.303 e. The summed E-state index contributed by atoms with van der Waals surface area (Å²) in [7, 11) is 0. The van der Waals surface area contributed by atoms with Crippen molar-refractivity contribution in [3.05, 3.63) is 29.3 Å². The van der Waals surface area contributed by atoms with Crippen LogP contribution in [0.5, 0.6) is 5.75 Å². The Morgan fingerprint density at radius 1 is 1.43 bits per heavy atom. The maximum atomic E-state index is 10.5. The van der Waals surface area contributed by atoms with Crippen molar-refractivity contribution in [3.8, 4) is 5.75 Å². The molecule has 3 heteroatoms. The molecule has 1 aromatic rings. The molecule has 0 saturated carbocycles. The van der Waals surface area contributed by atoms with Gasteiger partial charge in [-0.05, 0) is 36.1 Å². The summed E-state index contributed by atoms with van der Waals surface area (Å²) in [5, 5.41) is 18.0. The summed E-state index contributed by atoms with van der Waals surface area (Å²) in [4.78, 5) is 10.5. The molecule has 0 spiro atoms. The van der Waals surface area contributed by atoms with Crippen LogP contribution in [0.15, 0.2) is 18.2 Å². The van der Waals surface area contributed by atoms with E-state index in [2.05, 4.69) is 0 Å². The molecule has 1 unspecified atom stereocenters. The maximum absolute atomic E-state index is 10.5. The van der Waals surface area contributed by atoms with Crippen LogP contribution >= 0.6 is 0 Å². The number of hydrogen-bond acceptors (Lipinski definition) is 2. The predicted octanol–water partition coefficient (Wildman–Crippen LogP) is 2.28. The van der Waals surface area contributed by atoms with Gasteiger partial charge < -0.3 is 10.2 Å². The second kappa shape index (κ2) is 4.13. The number of phenolic OH excluding ortho intramolecular Hbond substituents is 1. The van der Waals surface area contributed by atoms with Gasteiger partial charge in [-0.25, -0.2) is 0 Å². The fraction of sp³-hybridized carbons (Fsp3) is 0.364. The molecule has 0 fully saturated rings. The van der Waals surface area contributed by atoms with Crippen molar-refractivity contribution in [2.45, 2.75) is 26.2 Å². The first-order valence-electron chi connectivity index (χ1n) is 4.51. The van der Waals surface area contributed by atoms with E-state index in [0.717, 1.165) is 11.1 Å². The fourth-order valence-corrected chi connectivity index (χ4v) is 1.46. The van der Waals surface area contributed by atoms with Gasteiger partial charge in [-0.1, -0.05) is 13.0 Å². The summed E-state index contributed by atoms with van der Waals surface area (Å²) >= 11 is 0. The highest BCUT2D eigenvalue weighted by molar-refractivity contribution is 5.68. The van der Waals surface area contributed by atoms with Gasteiger partial charge in [0, 0.05) is 0 Å². The van der Waals surface area contributed by atoms with Crippen LogP contribution in [0, 0.1) is 6.92 Å². The lowest BCUT2D eigenvalue weighted by Crippen LogP contribution is -2.02. The number of benzene rings is 1. The molecule has 0 aromatic heterocycles. The van der Waals surface area contributed by atoms with E-state index < -0.39 is 5.97 Å². The Balaban J connectivity index is 2.89. The van der Waals surface area contributed by atoms with E-state index in [0.29, 0.717) is 0 Å². The number of aromatic hydroxyl groups is 1. The van der Waals surface area contributed by atoms with Gasteiger partial charge in [0.2, 0.25) is 0 Å². The van der Waals surface area contributed by atoms with Gasteiger partial charge in [0.1, 0.15) is 5.75 Å². The number of rotatable bonds is 3. The zero-order valence-electron chi connectivity index (χ0n) is 8.32. The van der Waals surface area contributed by atoms with Crippen molar-refractivity contribution in [3.63, 3.8) is 0 Å². The molecular weight excluding hydrogens is 180 g/mol. The summed E-state index contributed by atoms with van der Waals surface area (Å²) < 4.78 is 0. The predicted molar refractivity (Wildman–Crippen MR) is 53.5 cm³/mol. The number of carboxylic acid groups (broad SMARTS) is 1. The van der Waals surface area contributed by atoms with Gasteiger partial charge >= 0.3 is 5.97 Å². The zero-order chi connectivity index (χ0) is 10.7. The maximum Gasteiger partial charge on any atom is 0.303 e. The first-order chi connectivity index (χ1) is 6.49. The molecule has 14 heavy (non-hydrogen) atoms. The molecule has 76 valence electrons. The molecule has 1 aromatic carbocycles. The van der Waals surface area contributed by atoms with Crippen LogP contribution in [0.4, 0.5) is 0 Å². The van der Waals surface area contributed by atoms with Crippen LogP contribution in [0.1, 0.15) is 30.4 Å². The number of phenols is 1. The molecule has 3 nitrogen and oxygen atoms in total. The van der Waals surface area contributed by atoms with E-state index in [4.69, 9.17) is 5.11 Å². The monoisotopic (exact) mass is 194 g/mol. The molecule has 0 amide bonds. The Morgan fingerprint density at radius 3 is 2.57 bits per heavy atom. The number of aliphatic carboxylic acids is 1. The molecule has 1 rings (SSSR count). The lowest BCUT2D eigenvalue weighted by molar-refractivity contribution is -0.137. The topological polar surface area (TPSA) is 57.5 Å². The van der Waals surface area contributed by atoms with Crippen molar-refractivity contribution in [1.29, 1.82) is 0 Å². The average molecular weight is 194 g/mol. The quantitative estimate of drug-likeness (QED) is 0.776. The van der Waals surface area contributed by atoms with Gasteiger partial charge in [-0.2, -0.15) is 0 Å². The minimum absolute atomic E-state index is 0.0710. The van der Waals surface area contributed by atoms with Crippen LogP contribution in [0.25, 0.3) is 0 Å². The Morgan fingerprint density at radius 2 is 2.07 bits per heavy atom. The summed E-state index contributed by atoms with van der Waals surface area (Å²) in [5.74, 6) is -0.700. The van der Waals surface area contributed by atoms with E-state index in [1.165, 1.54) is 0 Å². The summed E-state index contributed by atoms with van der Waals surface area (Å²) in [6.07, 6.45) is 0.0862. The SMILES string of the molecule is Cc1cc(O)cc(C(C)CC(=O)O)c1. The largest absolute Gasteiger partial charge is 0.508 e. The van der Waals surface area contributed by atoms with E-state index in [9.17, 15) is 9.90 Å². The van der Waals surface area contributed by atoms with Crippen LogP contribution in [-0.4, -0.2) is 16.2 Å². The molecule has 2 N–H and O–H groups in total. The summed E-state index contributed by atoms with van der Waals surface area (Å²) in [6, 6.07) is 5.16. The molecule has 1 atom stereocenters. The average Bonchev–Trinajstić information content (AvgIpc) is 2.00. The van der Waals surface area contributed by atoms with Gasteiger partial charge in [-0.15, -0.1) is 0 Å². The van der Waals surface area contributed by atoms with Gasteiger partial charge in [-0.3, -0.25) is 4.79 Å². The molecule has 0 aliphatic carbocycles. The lowest BCUT2D eigenvalue weighted by atomic mass is 9.96. The third kappa shape index (κ3) is 2.76. The van der Waals surface area contributed by atoms with Crippen LogP contribution in [0.2, 0.25) is 0 Å². The Labute approximate surface area is 83.0 Å². The number of hydrogen-bond donors (Lipinski definition) is 2. The van der Waals surface area contributed by atoms with Crippen molar-refractivity contribution < 1.29 is 15.0 Å². The van der Waals surface area contributed by atoms with Crippen LogP contribution < -0.4 is 0 Å². The van der Waals surface area contributed by atoms with E-state index in [1.54, 1.807) is 12.1 Å². The van der Waals surface area contributed by atoms with E-state index in [1.807, 2.05) is 19.9 Å². The second-order valence-electron chi connectivity index (χ2n) is 3.60. The molecule has 0 heterocycles. The minimum Gasteiger partial charge on any atom is -0.508 e. The Bertz CT molecular complexity index is 324. The zero-order valence-corrected chi connectivity index (χ0v) is 8.32. The molecule has 0 saturated heterocycles. The second-order valence-corrected chi connectivity index (χ2v) is 3.60. The molecule has 0 aliphatic rings. The van der Waals surface area contributed by atoms with Crippen molar-refractivity contribution in [2.24, 2.45) is 0 Å². The first-order valence-corrected chi connectivity index (χ1v) is 4.51. The third-order valence-electron chi connectivity index (χ3n) is 2.13. The number of carbonyl (C=O) groups is 1. The minimum atomic E-state index is -0.821. The van der Waals surface area contributed by atoms with Crippen LogP contribution in [-0.2, 0) is 4.79 Å². The van der Waals surface area contributed by atoms with Crippen LogP contribution in [0.3, 0.4) is 0 Å². The summed E-state index contributed by atoms with van der Waals surface area (Å²) in [5.41, 5.74) is 1.81. The molecule has 0 bridgehead atoms. The van der Waals surface area contributed by atoms with Crippen molar-refractivity contribution in [2.75, 3.05) is 0 Å². The highest BCUT2D eigenvalue weighted by Crippen LogP contribution is 2.24. The molecule has 0 aliphatic heterocycles. The van der Waals surface area contributed by atoms with Crippen molar-refractivity contribution in [1.82, 2.24) is 0 Å². The standard InChI is InChI=1S/C11H14O3/c1-7-3-9(6-10(12)4-7)8(2)5-11(13)14/h3-4,6,8,12H,5H2,1-2H3,(H,13,14). The molecular formula is C11H14O3. The third-order valence-corrected chi connectivity index (χ3v) is 2.13. The van der Waals surface area contributed by atoms with E-state index in [-0.39, 0.29) is 18.1 Å². The Hall–Kier alpha value is -1.51. The number of carboxylic acids is 1. The fourth-order valence-electron chi connectivity index (χ4n) is 1.46. The lowest BCUT2D eigenvalue weighted by Gasteiger charge is -2.10. The van der Waals surface area contributed by atoms with Gasteiger partial charge in [0.05, 0.1) is 6.42 Å². The normalized spacial score (nSPS) is 12.4. The highest BCUT2D eigenvalue weighted by atomic mass is 16.4. The number of aryl methyl sites for hydroxylation is 1. The molecule has 0 radical (unpaired) electrons. The highest BCUT2D eigenvalue weighted by Gasteiger charge is 2.10. The first kappa shape index (κ1) is 10.6. The van der Waals surface area contributed by atoms with E-state index >= 15 is 0 Å². The Kier molecular flexibility index (Phi) is 3.12. The van der Waals surface area contributed by atoms with Crippen molar-refractivity contribution >= 4 is 5.97 Å². The van der Waals surface area contributed by atoms with Gasteiger partial charge in [0.15, 0.2) is 0 Å². The summed E-state index contributed by atoms with van der Waals surface area (Å²) in [6.45, 7) is 3.71. The van der Waals surface area contributed by atoms with Gasteiger partial charge in [0.25, 0.3) is 0 Å².